The molecule has 5 nitrogen and oxygen atoms in total. The Hall–Kier alpha value is -2.66. The van der Waals surface area contributed by atoms with Gasteiger partial charge in [0.25, 0.3) is 0 Å². The number of hydrogen-bond acceptors (Lipinski definition) is 5. The van der Waals surface area contributed by atoms with E-state index < -0.39 is 0 Å². The minimum atomic E-state index is -0.152. The fraction of sp³-hybridized carbons (Fsp3) is 0.333. The third kappa shape index (κ3) is 3.35. The van der Waals surface area contributed by atoms with E-state index in [-0.39, 0.29) is 17.3 Å². The first-order valence-corrected chi connectivity index (χ1v) is 9.14. The zero-order chi connectivity index (χ0) is 17.9. The molecule has 5 heteroatoms. The molecule has 0 amide bonds. The summed E-state index contributed by atoms with van der Waals surface area (Å²) in [6.07, 6.45) is 9.91. The van der Waals surface area contributed by atoms with Crippen LogP contribution in [0.5, 0.6) is 11.5 Å². The monoisotopic (exact) mass is 350 g/mol. The smallest absolute Gasteiger partial charge is 0.231 e. The van der Waals surface area contributed by atoms with E-state index in [4.69, 9.17) is 4.74 Å². The molecule has 0 radical (unpaired) electrons. The molecule has 1 aromatic carbocycles. The zero-order valence-corrected chi connectivity index (χ0v) is 14.6. The van der Waals surface area contributed by atoms with E-state index in [0.717, 1.165) is 18.7 Å². The van der Waals surface area contributed by atoms with E-state index in [1.54, 1.807) is 30.6 Å². The lowest BCUT2D eigenvalue weighted by molar-refractivity contribution is 0.101. The molecule has 1 saturated heterocycles. The third-order valence-electron chi connectivity index (χ3n) is 4.98. The van der Waals surface area contributed by atoms with Crippen molar-refractivity contribution < 1.29 is 14.6 Å². The second-order valence-corrected chi connectivity index (χ2v) is 6.86. The number of rotatable bonds is 3. The maximum Gasteiger partial charge on any atom is 0.231 e. The highest BCUT2D eigenvalue weighted by molar-refractivity contribution is 6.14. The molecular formula is C21H22N2O3. The molecule has 1 N–H and O–H groups in total. The highest BCUT2D eigenvalue weighted by Gasteiger charge is 2.31. The lowest BCUT2D eigenvalue weighted by atomic mass is 10.0. The topological polar surface area (TPSA) is 62.7 Å². The number of carbonyl (C=O) groups excluding carboxylic acids is 1. The molecule has 0 unspecified atom stereocenters. The van der Waals surface area contributed by atoms with Crippen molar-refractivity contribution in [1.29, 1.82) is 0 Å². The van der Waals surface area contributed by atoms with E-state index in [9.17, 15) is 9.90 Å². The highest BCUT2D eigenvalue weighted by Crippen LogP contribution is 2.40. The van der Waals surface area contributed by atoms with Crippen LogP contribution in [0, 0.1) is 0 Å². The molecule has 26 heavy (non-hydrogen) atoms. The number of ketones is 1. The second-order valence-electron chi connectivity index (χ2n) is 6.86. The van der Waals surface area contributed by atoms with Crippen LogP contribution in [0.3, 0.4) is 0 Å². The van der Waals surface area contributed by atoms with Crippen molar-refractivity contribution in [3.63, 3.8) is 0 Å². The standard InChI is InChI=1S/C21H22N2O3/c24-18-8-7-16-20(25)19(12-15-6-5-9-22-13-15)26-21(16)17(18)14-23-10-3-1-2-4-11-23/h5-9,12-13,24H,1-4,10-11,14H2/b19-12+. The van der Waals surface area contributed by atoms with Crippen LogP contribution in [0.25, 0.3) is 6.08 Å². The van der Waals surface area contributed by atoms with Gasteiger partial charge in [0, 0.05) is 18.9 Å². The van der Waals surface area contributed by atoms with Crippen LogP contribution < -0.4 is 4.74 Å². The number of ether oxygens (including phenoxy) is 1. The molecule has 2 aliphatic heterocycles. The van der Waals surface area contributed by atoms with E-state index in [1.807, 2.05) is 12.1 Å². The van der Waals surface area contributed by atoms with Crippen molar-refractivity contribution in [1.82, 2.24) is 9.88 Å². The predicted octanol–water partition coefficient (Wildman–Crippen LogP) is 3.78. The van der Waals surface area contributed by atoms with Gasteiger partial charge in [-0.05, 0) is 55.8 Å². The predicted molar refractivity (Wildman–Crippen MR) is 99.0 cm³/mol. The lowest BCUT2D eigenvalue weighted by Crippen LogP contribution is -2.24. The molecule has 134 valence electrons. The number of aromatic nitrogens is 1. The highest BCUT2D eigenvalue weighted by atomic mass is 16.5. The van der Waals surface area contributed by atoms with Gasteiger partial charge in [0.15, 0.2) is 5.76 Å². The molecule has 2 aliphatic rings. The molecular weight excluding hydrogens is 328 g/mol. The Balaban J connectivity index is 1.64. The first-order chi connectivity index (χ1) is 12.7. The number of allylic oxidation sites excluding steroid dienone is 1. The summed E-state index contributed by atoms with van der Waals surface area (Å²) in [6, 6.07) is 6.92. The molecule has 0 bridgehead atoms. The molecule has 3 heterocycles. The number of aromatic hydroxyl groups is 1. The number of phenols is 1. The molecule has 0 atom stereocenters. The van der Waals surface area contributed by atoms with E-state index >= 15 is 0 Å². The van der Waals surface area contributed by atoms with Crippen LogP contribution in [-0.2, 0) is 6.54 Å². The van der Waals surface area contributed by atoms with Gasteiger partial charge in [-0.1, -0.05) is 18.9 Å². The summed E-state index contributed by atoms with van der Waals surface area (Å²) < 4.78 is 5.91. The molecule has 1 aromatic heterocycles. The number of phenolic OH excluding ortho intramolecular Hbond substituents is 1. The van der Waals surface area contributed by atoms with E-state index in [0.29, 0.717) is 23.4 Å². The molecule has 0 aliphatic carbocycles. The Morgan fingerprint density at radius 1 is 1.15 bits per heavy atom. The maximum absolute atomic E-state index is 12.7. The number of likely N-dealkylation sites (tertiary alicyclic amines) is 1. The van der Waals surface area contributed by atoms with E-state index in [2.05, 4.69) is 9.88 Å². The normalized spacial score (nSPS) is 19.2. The minimum Gasteiger partial charge on any atom is -0.507 e. The first kappa shape index (κ1) is 16.8. The Kier molecular flexibility index (Phi) is 4.71. The summed E-state index contributed by atoms with van der Waals surface area (Å²) in [7, 11) is 0. The van der Waals surface area contributed by atoms with Gasteiger partial charge < -0.3 is 9.84 Å². The van der Waals surface area contributed by atoms with Crippen LogP contribution in [0.15, 0.2) is 42.4 Å². The first-order valence-electron chi connectivity index (χ1n) is 9.14. The number of fused-ring (bicyclic) bond motifs is 1. The average molecular weight is 350 g/mol. The van der Waals surface area contributed by atoms with Crippen molar-refractivity contribution >= 4 is 11.9 Å². The zero-order valence-electron chi connectivity index (χ0n) is 14.6. The summed E-state index contributed by atoms with van der Waals surface area (Å²) >= 11 is 0. The summed E-state index contributed by atoms with van der Waals surface area (Å²) in [5.41, 5.74) is 2.03. The van der Waals surface area contributed by atoms with Gasteiger partial charge in [-0.2, -0.15) is 0 Å². The number of pyridine rings is 1. The number of carbonyl (C=O) groups is 1. The SMILES string of the molecule is O=C1/C(=C\c2cccnc2)Oc2c1ccc(O)c2CN1CCCCCC1. The summed E-state index contributed by atoms with van der Waals surface area (Å²) in [5, 5.41) is 10.4. The number of nitrogens with zero attached hydrogens (tertiary/aromatic N) is 2. The van der Waals surface area contributed by atoms with Crippen LogP contribution >= 0.6 is 0 Å². The van der Waals surface area contributed by atoms with Crippen molar-refractivity contribution in [3.05, 3.63) is 59.1 Å². The van der Waals surface area contributed by atoms with Gasteiger partial charge in [-0.25, -0.2) is 0 Å². The summed E-state index contributed by atoms with van der Waals surface area (Å²) in [5.74, 6) is 0.800. The lowest BCUT2D eigenvalue weighted by Gasteiger charge is -2.21. The maximum atomic E-state index is 12.7. The van der Waals surface area contributed by atoms with Gasteiger partial charge in [0.1, 0.15) is 11.5 Å². The largest absolute Gasteiger partial charge is 0.507 e. The summed E-state index contributed by atoms with van der Waals surface area (Å²) in [4.78, 5) is 19.1. The Morgan fingerprint density at radius 3 is 2.69 bits per heavy atom. The van der Waals surface area contributed by atoms with Crippen LogP contribution in [0.2, 0.25) is 0 Å². The van der Waals surface area contributed by atoms with Gasteiger partial charge >= 0.3 is 0 Å². The Labute approximate surface area is 152 Å². The quantitative estimate of drug-likeness (QED) is 0.854. The fourth-order valence-corrected chi connectivity index (χ4v) is 3.58. The van der Waals surface area contributed by atoms with Crippen molar-refractivity contribution in [3.8, 4) is 11.5 Å². The average Bonchev–Trinajstić information content (AvgIpc) is 2.83. The molecule has 1 fully saturated rings. The van der Waals surface area contributed by atoms with Gasteiger partial charge in [-0.3, -0.25) is 14.7 Å². The van der Waals surface area contributed by atoms with Crippen LogP contribution in [0.1, 0.15) is 47.2 Å². The Bertz CT molecular complexity index is 838. The summed E-state index contributed by atoms with van der Waals surface area (Å²) in [6.45, 7) is 2.62. The number of benzene rings is 1. The molecule has 4 rings (SSSR count). The number of Topliss-reactive ketones (excluding diaryl/α,β-unsaturated/α-hetero) is 1. The molecule has 2 aromatic rings. The van der Waals surface area contributed by atoms with Crippen LogP contribution in [0.4, 0.5) is 0 Å². The van der Waals surface area contributed by atoms with Crippen molar-refractivity contribution in [2.75, 3.05) is 13.1 Å². The third-order valence-corrected chi connectivity index (χ3v) is 4.98. The van der Waals surface area contributed by atoms with Gasteiger partial charge in [0.2, 0.25) is 5.78 Å². The van der Waals surface area contributed by atoms with Crippen molar-refractivity contribution in [2.24, 2.45) is 0 Å². The molecule has 0 spiro atoms. The van der Waals surface area contributed by atoms with Gasteiger partial charge in [0.05, 0.1) is 11.1 Å². The Morgan fingerprint density at radius 2 is 1.96 bits per heavy atom. The van der Waals surface area contributed by atoms with Crippen LogP contribution in [-0.4, -0.2) is 33.9 Å². The van der Waals surface area contributed by atoms with E-state index in [1.165, 1.54) is 25.7 Å². The fourth-order valence-electron chi connectivity index (χ4n) is 3.58. The number of hydrogen-bond donors (Lipinski definition) is 1. The van der Waals surface area contributed by atoms with Crippen molar-refractivity contribution in [2.45, 2.75) is 32.2 Å². The molecule has 0 saturated carbocycles. The van der Waals surface area contributed by atoms with Gasteiger partial charge in [-0.15, -0.1) is 0 Å². The second kappa shape index (κ2) is 7.30. The minimum absolute atomic E-state index is 0.152.